The van der Waals surface area contributed by atoms with E-state index < -0.39 is 8.45 Å². The third-order valence-corrected chi connectivity index (χ3v) is 3.90. The van der Waals surface area contributed by atoms with Gasteiger partial charge in [0.2, 0.25) is 0 Å². The molecule has 0 aliphatic carbocycles. The highest BCUT2D eigenvalue weighted by Crippen LogP contribution is 2.40. The summed E-state index contributed by atoms with van der Waals surface area (Å²) in [4.78, 5) is 0. The van der Waals surface area contributed by atoms with Gasteiger partial charge in [-0.2, -0.15) is 0 Å². The van der Waals surface area contributed by atoms with Crippen molar-refractivity contribution >= 4 is 8.45 Å². The van der Waals surface area contributed by atoms with Gasteiger partial charge in [-0.15, -0.1) is 0 Å². The van der Waals surface area contributed by atoms with E-state index in [9.17, 15) is 0 Å². The number of hydrogen-bond donors (Lipinski definition) is 1. The van der Waals surface area contributed by atoms with Crippen molar-refractivity contribution in [3.8, 4) is 0 Å². The van der Waals surface area contributed by atoms with Gasteiger partial charge < -0.3 is 4.52 Å². The Bertz CT molecular complexity index is 135. The highest BCUT2D eigenvalue weighted by atomic mass is 31.2. The van der Waals surface area contributed by atoms with Crippen molar-refractivity contribution < 1.29 is 4.52 Å². The summed E-state index contributed by atoms with van der Waals surface area (Å²) in [6, 6.07) is 0. The molecule has 0 spiro atoms. The van der Waals surface area contributed by atoms with Crippen LogP contribution < -0.4 is 5.09 Å². The summed E-state index contributed by atoms with van der Waals surface area (Å²) in [7, 11) is -0.443. The fourth-order valence-corrected chi connectivity index (χ4v) is 3.06. The van der Waals surface area contributed by atoms with Crippen LogP contribution in [0.5, 0.6) is 0 Å². The predicted molar refractivity (Wildman–Crippen MR) is 57.6 cm³/mol. The zero-order valence-electron chi connectivity index (χ0n) is 8.75. The zero-order valence-corrected chi connectivity index (χ0v) is 9.65. The van der Waals surface area contributed by atoms with Gasteiger partial charge in [-0.05, 0) is 12.8 Å². The molecule has 78 valence electrons. The summed E-state index contributed by atoms with van der Waals surface area (Å²) in [5.74, 6) is 0. The Kier molecular flexibility index (Phi) is 5.88. The first-order chi connectivity index (χ1) is 6.38. The maximum absolute atomic E-state index is 5.79. The average molecular weight is 204 g/mol. The molecule has 13 heavy (non-hydrogen) atoms. The minimum atomic E-state index is -0.443. The molecule has 0 amide bonds. The van der Waals surface area contributed by atoms with E-state index in [4.69, 9.17) is 4.52 Å². The van der Waals surface area contributed by atoms with Crippen molar-refractivity contribution in [2.24, 2.45) is 0 Å². The third kappa shape index (κ3) is 3.90. The second kappa shape index (κ2) is 6.72. The van der Waals surface area contributed by atoms with E-state index in [1.807, 2.05) is 0 Å². The van der Waals surface area contributed by atoms with Gasteiger partial charge in [-0.25, -0.2) is 4.67 Å². The van der Waals surface area contributed by atoms with Gasteiger partial charge in [0, 0.05) is 19.6 Å². The maximum Gasteiger partial charge on any atom is 0.185 e. The third-order valence-electron chi connectivity index (χ3n) is 2.07. The van der Waals surface area contributed by atoms with Crippen LogP contribution in [0.15, 0.2) is 0 Å². The molecule has 1 aliphatic rings. The normalized spacial score (nSPS) is 24.0. The summed E-state index contributed by atoms with van der Waals surface area (Å²) in [6.07, 6.45) is 3.62. The second-order valence-corrected chi connectivity index (χ2v) is 5.01. The second-order valence-electron chi connectivity index (χ2n) is 3.32. The molecule has 0 bridgehead atoms. The van der Waals surface area contributed by atoms with E-state index in [1.54, 1.807) is 0 Å². The van der Waals surface area contributed by atoms with E-state index >= 15 is 0 Å². The zero-order chi connectivity index (χ0) is 9.52. The van der Waals surface area contributed by atoms with Crippen molar-refractivity contribution in [2.75, 3.05) is 26.2 Å². The van der Waals surface area contributed by atoms with Crippen LogP contribution >= 0.6 is 8.45 Å². The van der Waals surface area contributed by atoms with Gasteiger partial charge in [0.15, 0.2) is 8.45 Å². The molecule has 1 saturated heterocycles. The van der Waals surface area contributed by atoms with E-state index in [0.29, 0.717) is 0 Å². The molecule has 0 aromatic heterocycles. The lowest BCUT2D eigenvalue weighted by Gasteiger charge is -2.21. The summed E-state index contributed by atoms with van der Waals surface area (Å²) in [5, 5.41) is 3.42. The summed E-state index contributed by atoms with van der Waals surface area (Å²) in [5.41, 5.74) is 0. The van der Waals surface area contributed by atoms with Gasteiger partial charge in [-0.1, -0.05) is 20.3 Å². The first-order valence-electron chi connectivity index (χ1n) is 5.30. The van der Waals surface area contributed by atoms with Crippen LogP contribution in [-0.4, -0.2) is 30.9 Å². The lowest BCUT2D eigenvalue weighted by molar-refractivity contribution is 0.309. The minimum absolute atomic E-state index is 0.443. The molecule has 0 radical (unpaired) electrons. The molecule has 0 aromatic rings. The number of unbranched alkanes of at least 4 members (excludes halogenated alkanes) is 1. The van der Waals surface area contributed by atoms with Crippen LogP contribution in [0.3, 0.4) is 0 Å². The largest absolute Gasteiger partial charge is 0.331 e. The molecule has 1 N–H and O–H groups in total. The summed E-state index contributed by atoms with van der Waals surface area (Å²) in [6.45, 7) is 8.75. The molecule has 1 rings (SSSR count). The first kappa shape index (κ1) is 11.4. The molecular weight excluding hydrogens is 183 g/mol. The molecule has 0 saturated carbocycles. The number of nitrogens with zero attached hydrogens (tertiary/aromatic N) is 1. The highest BCUT2D eigenvalue weighted by Gasteiger charge is 2.24. The Morgan fingerprint density at radius 1 is 1.38 bits per heavy atom. The Hall–Kier alpha value is 0.310. The van der Waals surface area contributed by atoms with E-state index in [2.05, 4.69) is 23.6 Å². The van der Waals surface area contributed by atoms with Gasteiger partial charge in [-0.3, -0.25) is 5.09 Å². The van der Waals surface area contributed by atoms with Crippen molar-refractivity contribution in [1.29, 1.82) is 0 Å². The van der Waals surface area contributed by atoms with E-state index in [1.165, 1.54) is 25.8 Å². The quantitative estimate of drug-likeness (QED) is 0.531. The molecule has 1 unspecified atom stereocenters. The Morgan fingerprint density at radius 3 is 2.92 bits per heavy atom. The first-order valence-corrected chi connectivity index (χ1v) is 6.51. The Balaban J connectivity index is 2.15. The van der Waals surface area contributed by atoms with E-state index in [0.717, 1.165) is 19.7 Å². The molecule has 1 atom stereocenters. The van der Waals surface area contributed by atoms with Crippen molar-refractivity contribution in [2.45, 2.75) is 33.1 Å². The molecule has 4 heteroatoms. The van der Waals surface area contributed by atoms with Gasteiger partial charge in [0.05, 0.1) is 6.61 Å². The fraction of sp³-hybridized carbons (Fsp3) is 1.00. The lowest BCUT2D eigenvalue weighted by atomic mass is 10.4. The van der Waals surface area contributed by atoms with Crippen molar-refractivity contribution in [1.82, 2.24) is 9.76 Å². The molecule has 3 nitrogen and oxygen atoms in total. The van der Waals surface area contributed by atoms with Gasteiger partial charge in [0.1, 0.15) is 0 Å². The highest BCUT2D eigenvalue weighted by molar-refractivity contribution is 7.48. The van der Waals surface area contributed by atoms with Gasteiger partial charge in [0.25, 0.3) is 0 Å². The van der Waals surface area contributed by atoms with Crippen molar-refractivity contribution in [3.63, 3.8) is 0 Å². The fourth-order valence-electron chi connectivity index (χ4n) is 1.35. The molecule has 0 aromatic carbocycles. The van der Waals surface area contributed by atoms with E-state index in [-0.39, 0.29) is 0 Å². The van der Waals surface area contributed by atoms with Crippen molar-refractivity contribution in [3.05, 3.63) is 0 Å². The summed E-state index contributed by atoms with van der Waals surface area (Å²) < 4.78 is 8.22. The monoisotopic (exact) mass is 204 g/mol. The predicted octanol–water partition coefficient (Wildman–Crippen LogP) is 2.35. The smallest absolute Gasteiger partial charge is 0.185 e. The SMILES string of the molecule is CCCCOP1NCCN1CCC. The molecule has 1 fully saturated rings. The Morgan fingerprint density at radius 2 is 2.23 bits per heavy atom. The number of nitrogens with one attached hydrogen (secondary N) is 1. The minimum Gasteiger partial charge on any atom is -0.331 e. The van der Waals surface area contributed by atoms with Gasteiger partial charge >= 0.3 is 0 Å². The Labute approximate surface area is 82.8 Å². The topological polar surface area (TPSA) is 24.5 Å². The standard InChI is InChI=1S/C9H21N2OP/c1-3-5-9-12-13-10-6-8-11(13)7-4-2/h10H,3-9H2,1-2H3. The van der Waals surface area contributed by atoms with Crippen LogP contribution in [0.25, 0.3) is 0 Å². The maximum atomic E-state index is 5.79. The lowest BCUT2D eigenvalue weighted by Crippen LogP contribution is -2.16. The van der Waals surface area contributed by atoms with Crippen LogP contribution in [0.4, 0.5) is 0 Å². The number of rotatable bonds is 6. The van der Waals surface area contributed by atoms with Crippen LogP contribution in [0.2, 0.25) is 0 Å². The summed E-state index contributed by atoms with van der Waals surface area (Å²) >= 11 is 0. The molecule has 1 aliphatic heterocycles. The van der Waals surface area contributed by atoms with Crippen LogP contribution in [-0.2, 0) is 4.52 Å². The number of hydrogen-bond acceptors (Lipinski definition) is 3. The molecule has 1 heterocycles. The molecular formula is C9H21N2OP. The average Bonchev–Trinajstić information content (AvgIpc) is 2.54. The van der Waals surface area contributed by atoms with Crippen LogP contribution in [0, 0.1) is 0 Å². The van der Waals surface area contributed by atoms with Crippen LogP contribution in [0.1, 0.15) is 33.1 Å².